The summed E-state index contributed by atoms with van der Waals surface area (Å²) in [5.74, 6) is -0.215. The predicted molar refractivity (Wildman–Crippen MR) is 176 cm³/mol. The second-order valence-corrected chi connectivity index (χ2v) is 11.2. The minimum atomic E-state index is -0.820. The van der Waals surface area contributed by atoms with Crippen molar-refractivity contribution in [2.45, 2.75) is 45.0 Å². The lowest BCUT2D eigenvalue weighted by Crippen LogP contribution is -2.41. The van der Waals surface area contributed by atoms with Crippen molar-refractivity contribution in [1.82, 2.24) is 24.6 Å². The molecule has 11 heteroatoms. The van der Waals surface area contributed by atoms with E-state index in [9.17, 15) is 14.7 Å². The van der Waals surface area contributed by atoms with Crippen LogP contribution in [0.2, 0.25) is 0 Å². The number of carbonyl (C=O) groups excluding carboxylic acids is 1. The highest BCUT2D eigenvalue weighted by Crippen LogP contribution is 2.28. The Bertz CT molecular complexity index is 1860. The number of hydrogen-bond acceptors (Lipinski definition) is 8. The van der Waals surface area contributed by atoms with Gasteiger partial charge in [-0.25, -0.2) is 14.6 Å². The molecule has 0 aliphatic heterocycles. The van der Waals surface area contributed by atoms with E-state index in [4.69, 9.17) is 10.7 Å². The zero-order valence-corrected chi connectivity index (χ0v) is 25.2. The molecule has 11 nitrogen and oxygen atoms in total. The largest absolute Gasteiger partial charge is 0.382 e. The van der Waals surface area contributed by atoms with Crippen LogP contribution >= 0.6 is 0 Å². The van der Waals surface area contributed by atoms with E-state index in [1.54, 1.807) is 49.1 Å². The van der Waals surface area contributed by atoms with E-state index >= 15 is 0 Å². The molecule has 1 fully saturated rings. The number of amides is 1. The first-order valence-corrected chi connectivity index (χ1v) is 15.0. The molecule has 0 saturated heterocycles. The van der Waals surface area contributed by atoms with Gasteiger partial charge in [0.25, 0.3) is 11.5 Å². The highest BCUT2D eigenvalue weighted by Gasteiger charge is 2.22. The van der Waals surface area contributed by atoms with E-state index in [1.807, 2.05) is 54.6 Å². The number of nitrogens with zero attached hydrogens (tertiary/aromatic N) is 4. The van der Waals surface area contributed by atoms with E-state index in [2.05, 4.69) is 20.9 Å². The molecule has 1 aliphatic rings. The third-order valence-electron chi connectivity index (χ3n) is 8.23. The average molecular weight is 605 g/mol. The summed E-state index contributed by atoms with van der Waals surface area (Å²) < 4.78 is 3.15. The molecule has 1 saturated carbocycles. The number of nitrogens with one attached hydrogen (secondary N) is 3. The van der Waals surface area contributed by atoms with Gasteiger partial charge in [0.2, 0.25) is 0 Å². The maximum atomic E-state index is 13.2. The monoisotopic (exact) mass is 604 g/mol. The van der Waals surface area contributed by atoms with Crippen molar-refractivity contribution in [3.8, 4) is 28.2 Å². The molecule has 0 radical (unpaired) electrons. The van der Waals surface area contributed by atoms with Gasteiger partial charge in [0.1, 0.15) is 17.1 Å². The number of aliphatic hydroxyl groups excluding tert-OH is 1. The Labute approximate surface area is 260 Å². The van der Waals surface area contributed by atoms with Crippen molar-refractivity contribution < 1.29 is 9.90 Å². The number of benzene rings is 3. The Kier molecular flexibility index (Phi) is 8.45. The average Bonchev–Trinajstić information content (AvgIpc) is 3.63. The molecule has 3 aromatic carbocycles. The van der Waals surface area contributed by atoms with Crippen LogP contribution < -0.4 is 27.2 Å². The second kappa shape index (κ2) is 12.8. The quantitative estimate of drug-likeness (QED) is 0.152. The number of aliphatic hydroxyl groups is 1. The normalized spacial score (nSPS) is 13.9. The predicted octanol–water partition coefficient (Wildman–Crippen LogP) is 4.66. The summed E-state index contributed by atoms with van der Waals surface area (Å²) in [6, 6.07) is 24.2. The summed E-state index contributed by atoms with van der Waals surface area (Å²) in [7, 11) is 1.75. The van der Waals surface area contributed by atoms with Gasteiger partial charge < -0.3 is 21.5 Å². The molecule has 1 aliphatic carbocycles. The molecule has 0 spiro atoms. The third kappa shape index (κ3) is 6.35. The maximum absolute atomic E-state index is 13.2. The Morgan fingerprint density at radius 3 is 2.29 bits per heavy atom. The molecule has 6 N–H and O–H groups in total. The highest BCUT2D eigenvalue weighted by molar-refractivity contribution is 6.05. The van der Waals surface area contributed by atoms with Gasteiger partial charge in [-0.05, 0) is 56.2 Å². The zero-order chi connectivity index (χ0) is 31.5. The van der Waals surface area contributed by atoms with Crippen LogP contribution in [-0.4, -0.2) is 42.7 Å². The van der Waals surface area contributed by atoms with Gasteiger partial charge in [-0.3, -0.25) is 19.6 Å². The minimum Gasteiger partial charge on any atom is -0.382 e. The summed E-state index contributed by atoms with van der Waals surface area (Å²) in [6.45, 7) is 1.75. The van der Waals surface area contributed by atoms with Gasteiger partial charge in [-0.15, -0.1) is 0 Å². The fraction of sp³-hybridized carbons (Fsp3) is 0.235. The number of carbonyl (C=O) groups is 1. The molecule has 5 aromatic rings. The lowest BCUT2D eigenvalue weighted by molar-refractivity contribution is 0.102. The van der Waals surface area contributed by atoms with Crippen LogP contribution in [0.15, 0.2) is 89.9 Å². The van der Waals surface area contributed by atoms with E-state index in [0.717, 1.165) is 29.7 Å². The van der Waals surface area contributed by atoms with Crippen molar-refractivity contribution in [2.24, 2.45) is 7.05 Å². The fourth-order valence-electron chi connectivity index (χ4n) is 5.74. The molecule has 1 unspecified atom stereocenters. The molecule has 2 heterocycles. The summed E-state index contributed by atoms with van der Waals surface area (Å²) in [6.07, 6.45) is 5.35. The lowest BCUT2D eigenvalue weighted by Gasteiger charge is -2.20. The van der Waals surface area contributed by atoms with Crippen LogP contribution in [0.5, 0.6) is 0 Å². The van der Waals surface area contributed by atoms with Crippen molar-refractivity contribution >= 4 is 23.1 Å². The molecule has 0 bridgehead atoms. The van der Waals surface area contributed by atoms with Crippen molar-refractivity contribution in [1.29, 1.82) is 0 Å². The molecule has 2 aromatic heterocycles. The Hall–Kier alpha value is -5.26. The van der Waals surface area contributed by atoms with Gasteiger partial charge in [-0.1, -0.05) is 55.3 Å². The van der Waals surface area contributed by atoms with Crippen LogP contribution in [0.25, 0.3) is 28.2 Å². The topological polar surface area (TPSA) is 152 Å². The molecular formula is C34H36N8O3. The van der Waals surface area contributed by atoms with Crippen LogP contribution in [0.3, 0.4) is 0 Å². The number of rotatable bonds is 9. The number of nitrogens with two attached hydrogens (primary N) is 1. The van der Waals surface area contributed by atoms with E-state index < -0.39 is 17.8 Å². The molecule has 6 rings (SSSR count). The first kappa shape index (κ1) is 29.8. The molecule has 45 heavy (non-hydrogen) atoms. The first-order chi connectivity index (χ1) is 21.8. The molecular weight excluding hydrogens is 568 g/mol. The van der Waals surface area contributed by atoms with Gasteiger partial charge in [0.15, 0.2) is 6.35 Å². The number of nitrogen functional groups attached to an aromatic ring is 1. The third-order valence-corrected chi connectivity index (χ3v) is 8.23. The summed E-state index contributed by atoms with van der Waals surface area (Å²) >= 11 is 0. The van der Waals surface area contributed by atoms with Gasteiger partial charge >= 0.3 is 0 Å². The van der Waals surface area contributed by atoms with E-state index in [1.165, 1.54) is 17.5 Å². The Morgan fingerprint density at radius 2 is 1.60 bits per heavy atom. The molecule has 1 amide bonds. The standard InChI is InChI=1S/C34H36N8O3/c1-21-29(33(44)42(41(21)2)27-10-4-3-5-11-27)32(43)37-25-18-14-23(15-19-25)30-31(35)36-20-28(40-30)22-12-16-26(17-13-22)39-34(45)38-24-8-6-7-9-24/h3-5,10-20,24,34,38-39,45H,6-9H2,1-2H3,(H2,35,36)(H,37,43). The molecule has 1 atom stereocenters. The first-order valence-electron chi connectivity index (χ1n) is 15.0. The minimum absolute atomic E-state index is 0.0778. The van der Waals surface area contributed by atoms with Crippen LogP contribution in [0, 0.1) is 6.92 Å². The lowest BCUT2D eigenvalue weighted by atomic mass is 10.1. The summed E-state index contributed by atoms with van der Waals surface area (Å²) in [5.41, 5.74) is 11.1. The summed E-state index contributed by atoms with van der Waals surface area (Å²) in [4.78, 5) is 35.6. The number of para-hydroxylation sites is 1. The van der Waals surface area contributed by atoms with Gasteiger partial charge in [0, 0.05) is 35.6 Å². The summed E-state index contributed by atoms with van der Waals surface area (Å²) in [5, 5.41) is 19.5. The van der Waals surface area contributed by atoms with Crippen molar-refractivity contribution in [3.63, 3.8) is 0 Å². The highest BCUT2D eigenvalue weighted by atomic mass is 16.3. The van der Waals surface area contributed by atoms with Gasteiger partial charge in [0.05, 0.1) is 23.3 Å². The fourth-order valence-corrected chi connectivity index (χ4v) is 5.74. The second-order valence-electron chi connectivity index (χ2n) is 11.2. The van der Waals surface area contributed by atoms with Crippen LogP contribution in [-0.2, 0) is 7.05 Å². The van der Waals surface area contributed by atoms with Crippen molar-refractivity contribution in [3.05, 3.63) is 107 Å². The van der Waals surface area contributed by atoms with Crippen molar-refractivity contribution in [2.75, 3.05) is 16.4 Å². The molecule has 230 valence electrons. The van der Waals surface area contributed by atoms with Crippen LogP contribution in [0.1, 0.15) is 41.7 Å². The van der Waals surface area contributed by atoms with E-state index in [-0.39, 0.29) is 11.4 Å². The Balaban J connectivity index is 1.15. The number of anilines is 3. The smallest absolute Gasteiger partial charge is 0.284 e. The number of aromatic nitrogens is 4. The Morgan fingerprint density at radius 1 is 0.956 bits per heavy atom. The van der Waals surface area contributed by atoms with Gasteiger partial charge in [-0.2, -0.15) is 0 Å². The van der Waals surface area contributed by atoms with E-state index in [0.29, 0.717) is 34.5 Å². The van der Waals surface area contributed by atoms with Crippen LogP contribution in [0.4, 0.5) is 17.2 Å². The maximum Gasteiger partial charge on any atom is 0.284 e. The number of hydrogen-bond donors (Lipinski definition) is 5. The zero-order valence-electron chi connectivity index (χ0n) is 25.2. The SMILES string of the molecule is Cc1c(C(=O)Nc2ccc(-c3nc(-c4ccc(NC(O)NC5CCCC5)cc4)cnc3N)cc2)c(=O)n(-c2ccccc2)n1C.